The van der Waals surface area contributed by atoms with Crippen LogP contribution in [0.25, 0.3) is 0 Å². The van der Waals surface area contributed by atoms with Crippen LogP contribution < -0.4 is 5.32 Å². The van der Waals surface area contributed by atoms with Gasteiger partial charge in [-0.1, -0.05) is 63.4 Å². The van der Waals surface area contributed by atoms with Crippen LogP contribution in [0, 0.1) is 11.8 Å². The number of hydrogen-bond acceptors (Lipinski definition) is 3. The highest BCUT2D eigenvalue weighted by atomic mass is 35.5. The molecular weight excluding hydrogens is 369 g/mol. The first-order valence-corrected chi connectivity index (χ1v) is 10.4. The smallest absolute Gasteiger partial charge is 0.308 e. The van der Waals surface area contributed by atoms with Crippen LogP contribution in [0.2, 0.25) is 10.0 Å². The lowest BCUT2D eigenvalue weighted by atomic mass is 9.59. The molecule has 1 aliphatic rings. The van der Waals surface area contributed by atoms with Gasteiger partial charge in [0.2, 0.25) is 0 Å². The second kappa shape index (κ2) is 9.43. The van der Waals surface area contributed by atoms with Crippen molar-refractivity contribution in [2.24, 2.45) is 11.8 Å². The van der Waals surface area contributed by atoms with Crippen molar-refractivity contribution in [3.63, 3.8) is 0 Å². The molecule has 146 valence electrons. The van der Waals surface area contributed by atoms with E-state index in [0.29, 0.717) is 35.2 Å². The van der Waals surface area contributed by atoms with Gasteiger partial charge in [0.1, 0.15) is 6.61 Å². The molecule has 0 spiro atoms. The third kappa shape index (κ3) is 5.15. The average molecular weight is 400 g/mol. The highest BCUT2D eigenvalue weighted by molar-refractivity contribution is 6.42. The summed E-state index contributed by atoms with van der Waals surface area (Å²) in [5.41, 5.74) is 1.34. The Morgan fingerprint density at radius 3 is 2.38 bits per heavy atom. The third-order valence-corrected chi connectivity index (χ3v) is 6.06. The molecule has 5 heteroatoms. The van der Waals surface area contributed by atoms with E-state index in [0.717, 1.165) is 19.3 Å². The predicted octanol–water partition coefficient (Wildman–Crippen LogP) is 5.62. The molecule has 0 amide bonds. The van der Waals surface area contributed by atoms with Gasteiger partial charge in [-0.05, 0) is 42.9 Å². The molecule has 1 aromatic rings. The van der Waals surface area contributed by atoms with E-state index in [9.17, 15) is 4.79 Å². The fourth-order valence-corrected chi connectivity index (χ4v) is 4.03. The Bertz CT molecular complexity index is 612. The predicted molar refractivity (Wildman–Crippen MR) is 109 cm³/mol. The maximum atomic E-state index is 11.6. The van der Waals surface area contributed by atoms with E-state index in [-0.39, 0.29) is 17.3 Å². The van der Waals surface area contributed by atoms with E-state index < -0.39 is 0 Å². The van der Waals surface area contributed by atoms with Crippen molar-refractivity contribution in [1.29, 1.82) is 0 Å². The Balaban J connectivity index is 2.10. The number of carbonyl (C=O) groups excluding carboxylic acids is 1. The molecule has 0 aromatic heterocycles. The molecule has 1 unspecified atom stereocenters. The lowest BCUT2D eigenvalue weighted by Crippen LogP contribution is -2.54. The maximum absolute atomic E-state index is 11.6. The van der Waals surface area contributed by atoms with Crippen LogP contribution in [0.4, 0.5) is 0 Å². The highest BCUT2D eigenvalue weighted by Crippen LogP contribution is 2.49. The molecule has 2 rings (SSSR count). The minimum atomic E-state index is -0.143. The molecule has 1 N–H and O–H groups in total. The van der Waals surface area contributed by atoms with E-state index in [1.165, 1.54) is 12.0 Å². The Kier molecular flexibility index (Phi) is 7.81. The van der Waals surface area contributed by atoms with Crippen LogP contribution >= 0.6 is 23.2 Å². The largest absolute Gasteiger partial charge is 0.464 e. The number of hydrogen-bond donors (Lipinski definition) is 1. The number of halogens is 2. The van der Waals surface area contributed by atoms with Gasteiger partial charge in [0.25, 0.3) is 0 Å². The topological polar surface area (TPSA) is 38.3 Å². The van der Waals surface area contributed by atoms with Gasteiger partial charge in [0.05, 0.1) is 16.0 Å². The zero-order chi connectivity index (χ0) is 19.3. The van der Waals surface area contributed by atoms with Crippen LogP contribution in [0.3, 0.4) is 0 Å². The number of benzene rings is 1. The van der Waals surface area contributed by atoms with Gasteiger partial charge in [0.15, 0.2) is 0 Å². The lowest BCUT2D eigenvalue weighted by Gasteiger charge is -2.49. The van der Waals surface area contributed by atoms with Crippen molar-refractivity contribution < 1.29 is 9.53 Å². The molecule has 0 radical (unpaired) electrons. The maximum Gasteiger partial charge on any atom is 0.308 e. The molecule has 26 heavy (non-hydrogen) atoms. The minimum absolute atomic E-state index is 0.0839. The van der Waals surface area contributed by atoms with Gasteiger partial charge in [-0.15, -0.1) is 0 Å². The minimum Gasteiger partial charge on any atom is -0.464 e. The Labute approximate surface area is 167 Å². The van der Waals surface area contributed by atoms with E-state index in [4.69, 9.17) is 27.9 Å². The van der Waals surface area contributed by atoms with Crippen molar-refractivity contribution in [3.05, 3.63) is 33.8 Å². The molecule has 0 saturated heterocycles. The molecular formula is C21H31Cl2NO2. The number of nitrogens with one attached hydrogen (secondary N) is 1. The normalized spacial score (nSPS) is 17.2. The molecule has 1 fully saturated rings. The first-order chi connectivity index (χ1) is 12.3. The Morgan fingerprint density at radius 1 is 1.19 bits per heavy atom. The zero-order valence-corrected chi connectivity index (χ0v) is 17.8. The van der Waals surface area contributed by atoms with E-state index >= 15 is 0 Å². The summed E-state index contributed by atoms with van der Waals surface area (Å²) < 4.78 is 5.32. The van der Waals surface area contributed by atoms with Crippen molar-refractivity contribution >= 4 is 29.2 Å². The van der Waals surface area contributed by atoms with Gasteiger partial charge < -0.3 is 10.1 Å². The summed E-state index contributed by atoms with van der Waals surface area (Å²) >= 11 is 12.4. The molecule has 1 atom stereocenters. The van der Waals surface area contributed by atoms with Gasteiger partial charge >= 0.3 is 5.97 Å². The molecule has 0 bridgehead atoms. The number of ether oxygens (including phenoxy) is 1. The first kappa shape index (κ1) is 21.5. The summed E-state index contributed by atoms with van der Waals surface area (Å²) in [6, 6.07) is 6.36. The monoisotopic (exact) mass is 399 g/mol. The summed E-state index contributed by atoms with van der Waals surface area (Å²) in [6.07, 6.45) is 4.57. The van der Waals surface area contributed by atoms with E-state index in [1.807, 2.05) is 26.0 Å². The van der Waals surface area contributed by atoms with Crippen LogP contribution in [0.1, 0.15) is 58.9 Å². The zero-order valence-electron chi connectivity index (χ0n) is 16.3. The van der Waals surface area contributed by atoms with Crippen LogP contribution in [-0.2, 0) is 14.9 Å². The summed E-state index contributed by atoms with van der Waals surface area (Å²) in [7, 11) is 0. The van der Waals surface area contributed by atoms with E-state index in [2.05, 4.69) is 25.2 Å². The summed E-state index contributed by atoms with van der Waals surface area (Å²) in [4.78, 5) is 11.6. The van der Waals surface area contributed by atoms with E-state index in [1.54, 1.807) is 0 Å². The van der Waals surface area contributed by atoms with Crippen LogP contribution in [0.15, 0.2) is 18.2 Å². The number of esters is 1. The summed E-state index contributed by atoms with van der Waals surface area (Å²) in [6.45, 7) is 9.27. The molecule has 0 heterocycles. The average Bonchev–Trinajstić information content (AvgIpc) is 2.52. The Hall–Kier alpha value is -0.770. The quantitative estimate of drug-likeness (QED) is 0.432. The van der Waals surface area contributed by atoms with Crippen molar-refractivity contribution in [3.8, 4) is 0 Å². The lowest BCUT2D eigenvalue weighted by molar-refractivity contribution is -0.147. The molecule has 1 aromatic carbocycles. The molecule has 3 nitrogen and oxygen atoms in total. The standard InChI is InChI=1S/C21H31Cl2NO2/c1-14(2)12-19(24-10-11-26-20(25)15(3)4)21(8-5-9-21)16-6-7-17(22)18(23)13-16/h6-7,13-15,19,24H,5,8-12H2,1-4H3. The van der Waals surface area contributed by atoms with Gasteiger partial charge in [-0.2, -0.15) is 0 Å². The molecule has 1 aliphatic carbocycles. The van der Waals surface area contributed by atoms with Gasteiger partial charge in [-0.3, -0.25) is 4.79 Å². The van der Waals surface area contributed by atoms with Crippen molar-refractivity contribution in [2.45, 2.75) is 64.8 Å². The second-order valence-corrected chi connectivity index (χ2v) is 8.91. The SMILES string of the molecule is CC(C)CC(NCCOC(=O)C(C)C)C1(c2ccc(Cl)c(Cl)c2)CCC1. The van der Waals surface area contributed by atoms with Crippen LogP contribution in [0.5, 0.6) is 0 Å². The molecule has 1 saturated carbocycles. The van der Waals surface area contributed by atoms with Crippen LogP contribution in [-0.4, -0.2) is 25.2 Å². The Morgan fingerprint density at radius 2 is 1.88 bits per heavy atom. The number of rotatable bonds is 9. The first-order valence-electron chi connectivity index (χ1n) is 9.62. The highest BCUT2D eigenvalue weighted by Gasteiger charge is 2.45. The second-order valence-electron chi connectivity index (χ2n) is 8.10. The third-order valence-electron chi connectivity index (χ3n) is 5.32. The van der Waals surface area contributed by atoms with Crippen molar-refractivity contribution in [2.75, 3.05) is 13.2 Å². The van der Waals surface area contributed by atoms with Crippen molar-refractivity contribution in [1.82, 2.24) is 5.32 Å². The number of carbonyl (C=O) groups is 1. The van der Waals surface area contributed by atoms with Gasteiger partial charge in [-0.25, -0.2) is 0 Å². The summed E-state index contributed by atoms with van der Waals surface area (Å²) in [5.74, 6) is 0.344. The molecule has 0 aliphatic heterocycles. The van der Waals surface area contributed by atoms with Gasteiger partial charge in [0, 0.05) is 18.0 Å². The summed E-state index contributed by atoms with van der Waals surface area (Å²) in [5, 5.41) is 4.88. The fourth-order valence-electron chi connectivity index (χ4n) is 3.73. The fraction of sp³-hybridized carbons (Fsp3) is 0.667.